The maximum absolute atomic E-state index is 9.51. The largest absolute Gasteiger partial charge is 0.508 e. The molecular weight excluding hydrogens is 324 g/mol. The third kappa shape index (κ3) is 4.28. The van der Waals surface area contributed by atoms with E-state index in [2.05, 4.69) is 28.2 Å². The van der Waals surface area contributed by atoms with Gasteiger partial charge in [-0.3, -0.25) is 4.68 Å². The molecule has 0 bridgehead atoms. The minimum absolute atomic E-state index is 0.236. The van der Waals surface area contributed by atoms with Crippen LogP contribution in [0.3, 0.4) is 0 Å². The van der Waals surface area contributed by atoms with Crippen LogP contribution in [0.4, 0.5) is 0 Å². The second kappa shape index (κ2) is 8.00. The molecule has 0 unspecified atom stereocenters. The number of aromatic hydroxyl groups is 1. The monoisotopic (exact) mass is 342 g/mol. The summed E-state index contributed by atoms with van der Waals surface area (Å²) in [5.41, 5.74) is 4.40. The smallest absolute Gasteiger partial charge is 0.115 e. The highest BCUT2D eigenvalue weighted by molar-refractivity contribution is 5.52. The first-order valence-corrected chi connectivity index (χ1v) is 8.34. The topological polar surface area (TPSA) is 74.7 Å². The molecule has 128 valence electrons. The average Bonchev–Trinajstić information content (AvgIpc) is 3.15. The molecule has 2 aromatic carbocycles. The fourth-order valence-corrected chi connectivity index (χ4v) is 2.70. The molecule has 0 saturated carbocycles. The van der Waals surface area contributed by atoms with Crippen molar-refractivity contribution in [1.29, 1.82) is 5.26 Å². The summed E-state index contributed by atoms with van der Waals surface area (Å²) in [6, 6.07) is 12.9. The van der Waals surface area contributed by atoms with Gasteiger partial charge in [0.05, 0.1) is 17.8 Å². The fraction of sp³-hybridized carbons (Fsp3) is 0.190. The zero-order valence-electron chi connectivity index (χ0n) is 14.5. The molecule has 0 spiro atoms. The van der Waals surface area contributed by atoms with Gasteiger partial charge in [0.25, 0.3) is 0 Å². The van der Waals surface area contributed by atoms with Crippen LogP contribution < -0.4 is 0 Å². The molecule has 26 heavy (non-hydrogen) atoms. The summed E-state index contributed by atoms with van der Waals surface area (Å²) < 4.78 is 1.79. The molecule has 5 heteroatoms. The fourth-order valence-electron chi connectivity index (χ4n) is 2.70. The predicted molar refractivity (Wildman–Crippen MR) is 98.3 cm³/mol. The van der Waals surface area contributed by atoms with Crippen molar-refractivity contribution in [1.82, 2.24) is 15.0 Å². The average molecular weight is 342 g/mol. The van der Waals surface area contributed by atoms with Crippen molar-refractivity contribution < 1.29 is 5.11 Å². The predicted octanol–water partition coefficient (Wildman–Crippen LogP) is 3.20. The summed E-state index contributed by atoms with van der Waals surface area (Å²) in [6.45, 7) is 2.68. The van der Waals surface area contributed by atoms with Crippen LogP contribution in [0.25, 0.3) is 0 Å². The van der Waals surface area contributed by atoms with Gasteiger partial charge in [-0.25, -0.2) is 0 Å². The lowest BCUT2D eigenvalue weighted by molar-refractivity contribution is 0.475. The SMILES string of the molecule is Cc1cc(O)ccc1C#Cc1ccc(C#N)cc1CCCn1ccnn1. The maximum atomic E-state index is 9.51. The quantitative estimate of drug-likeness (QED) is 0.739. The van der Waals surface area contributed by atoms with E-state index in [0.717, 1.165) is 41.6 Å². The lowest BCUT2D eigenvalue weighted by atomic mass is 9.99. The number of hydrogen-bond donors (Lipinski definition) is 1. The van der Waals surface area contributed by atoms with Crippen LogP contribution in [0.2, 0.25) is 0 Å². The first-order valence-electron chi connectivity index (χ1n) is 8.34. The molecule has 1 N–H and O–H groups in total. The van der Waals surface area contributed by atoms with Gasteiger partial charge in [0.2, 0.25) is 0 Å². The number of phenolic OH excluding ortho intramolecular Hbond substituents is 1. The van der Waals surface area contributed by atoms with Crippen LogP contribution in [0.1, 0.15) is 34.2 Å². The number of phenols is 1. The number of aryl methyl sites for hydroxylation is 3. The normalized spacial score (nSPS) is 10.0. The molecule has 5 nitrogen and oxygen atoms in total. The summed E-state index contributed by atoms with van der Waals surface area (Å²) in [5, 5.41) is 26.4. The van der Waals surface area contributed by atoms with E-state index < -0.39 is 0 Å². The van der Waals surface area contributed by atoms with E-state index in [1.807, 2.05) is 31.3 Å². The van der Waals surface area contributed by atoms with Crippen LogP contribution in [0.15, 0.2) is 48.8 Å². The highest BCUT2D eigenvalue weighted by atomic mass is 16.3. The Hall–Kier alpha value is -3.57. The molecule has 0 atom stereocenters. The van der Waals surface area contributed by atoms with Gasteiger partial charge in [0.15, 0.2) is 0 Å². The molecule has 3 rings (SSSR count). The van der Waals surface area contributed by atoms with Crippen LogP contribution in [-0.4, -0.2) is 20.1 Å². The molecule has 1 heterocycles. The number of hydrogen-bond acceptors (Lipinski definition) is 4. The minimum Gasteiger partial charge on any atom is -0.508 e. The lowest BCUT2D eigenvalue weighted by Crippen LogP contribution is -2.01. The number of aromatic nitrogens is 3. The highest BCUT2D eigenvalue weighted by Gasteiger charge is 2.04. The molecule has 0 aliphatic heterocycles. The zero-order valence-corrected chi connectivity index (χ0v) is 14.5. The van der Waals surface area contributed by atoms with E-state index in [4.69, 9.17) is 5.26 Å². The van der Waals surface area contributed by atoms with Gasteiger partial charge in [0.1, 0.15) is 5.75 Å². The van der Waals surface area contributed by atoms with Crippen molar-refractivity contribution >= 4 is 0 Å². The zero-order chi connectivity index (χ0) is 18.4. The third-order valence-corrected chi connectivity index (χ3v) is 4.08. The molecule has 3 aromatic rings. The van der Waals surface area contributed by atoms with E-state index in [1.165, 1.54) is 0 Å². The Morgan fingerprint density at radius 2 is 1.92 bits per heavy atom. The Kier molecular flexibility index (Phi) is 5.31. The Labute approximate surface area is 152 Å². The first-order chi connectivity index (χ1) is 12.7. The van der Waals surface area contributed by atoms with Crippen LogP contribution >= 0.6 is 0 Å². The second-order valence-electron chi connectivity index (χ2n) is 6.00. The van der Waals surface area contributed by atoms with E-state index >= 15 is 0 Å². The maximum Gasteiger partial charge on any atom is 0.115 e. The Bertz CT molecular complexity index is 1000. The van der Waals surface area contributed by atoms with Crippen molar-refractivity contribution in [3.05, 3.63) is 76.6 Å². The van der Waals surface area contributed by atoms with Gasteiger partial charge in [0, 0.05) is 23.9 Å². The Morgan fingerprint density at radius 1 is 1.12 bits per heavy atom. The van der Waals surface area contributed by atoms with Gasteiger partial charge < -0.3 is 5.11 Å². The Morgan fingerprint density at radius 3 is 2.65 bits per heavy atom. The van der Waals surface area contributed by atoms with Crippen LogP contribution in [0.5, 0.6) is 5.75 Å². The molecule has 0 radical (unpaired) electrons. The summed E-state index contributed by atoms with van der Waals surface area (Å²) in [6.07, 6.45) is 5.17. The number of nitriles is 1. The van der Waals surface area contributed by atoms with Crippen LogP contribution in [-0.2, 0) is 13.0 Å². The van der Waals surface area contributed by atoms with Gasteiger partial charge in [-0.1, -0.05) is 17.1 Å². The Balaban J connectivity index is 1.82. The van der Waals surface area contributed by atoms with E-state index in [0.29, 0.717) is 5.56 Å². The summed E-state index contributed by atoms with van der Waals surface area (Å²) in [7, 11) is 0. The summed E-state index contributed by atoms with van der Waals surface area (Å²) in [5.74, 6) is 6.61. The lowest BCUT2D eigenvalue weighted by Gasteiger charge is -2.06. The third-order valence-electron chi connectivity index (χ3n) is 4.08. The minimum atomic E-state index is 0.236. The molecule has 0 amide bonds. The molecular formula is C21H18N4O. The number of benzene rings is 2. The van der Waals surface area contributed by atoms with E-state index in [-0.39, 0.29) is 5.75 Å². The van der Waals surface area contributed by atoms with E-state index in [9.17, 15) is 5.11 Å². The van der Waals surface area contributed by atoms with E-state index in [1.54, 1.807) is 29.1 Å². The van der Waals surface area contributed by atoms with Crippen molar-refractivity contribution in [3.63, 3.8) is 0 Å². The summed E-state index contributed by atoms with van der Waals surface area (Å²) in [4.78, 5) is 0. The molecule has 0 aliphatic rings. The second-order valence-corrected chi connectivity index (χ2v) is 6.00. The number of nitrogens with zero attached hydrogens (tertiary/aromatic N) is 4. The van der Waals surface area contributed by atoms with Crippen LogP contribution in [0, 0.1) is 30.1 Å². The molecule has 0 fully saturated rings. The first kappa shape index (κ1) is 17.3. The van der Waals surface area contributed by atoms with Gasteiger partial charge >= 0.3 is 0 Å². The standard InChI is InChI=1S/C21H18N4O/c1-16-13-21(26)9-8-18(16)6-7-19-5-4-17(15-22)14-20(19)3-2-11-25-12-10-23-24-25/h4-5,8-10,12-14,26H,2-3,11H2,1H3. The van der Waals surface area contributed by atoms with Crippen molar-refractivity contribution in [2.24, 2.45) is 0 Å². The molecule has 0 aliphatic carbocycles. The van der Waals surface area contributed by atoms with Gasteiger partial charge in [-0.2, -0.15) is 5.26 Å². The number of rotatable bonds is 4. The molecule has 0 saturated heterocycles. The van der Waals surface area contributed by atoms with Crippen molar-refractivity contribution in [2.75, 3.05) is 0 Å². The van der Waals surface area contributed by atoms with Crippen molar-refractivity contribution in [2.45, 2.75) is 26.3 Å². The molecule has 1 aromatic heterocycles. The van der Waals surface area contributed by atoms with Crippen molar-refractivity contribution in [3.8, 4) is 23.7 Å². The van der Waals surface area contributed by atoms with Gasteiger partial charge in [-0.05, 0) is 67.3 Å². The summed E-state index contributed by atoms with van der Waals surface area (Å²) >= 11 is 0. The van der Waals surface area contributed by atoms with Gasteiger partial charge in [-0.15, -0.1) is 5.10 Å². The highest BCUT2D eigenvalue weighted by Crippen LogP contribution is 2.16.